The van der Waals surface area contributed by atoms with Crippen LogP contribution in [0, 0.1) is 0 Å². The Balaban J connectivity index is 1.64. The number of rotatable bonds is 5. The van der Waals surface area contributed by atoms with Crippen molar-refractivity contribution in [2.45, 2.75) is 58.1 Å². The number of esters is 1. The molecule has 2 aromatic rings. The maximum absolute atomic E-state index is 13.1. The minimum absolute atomic E-state index is 0.143. The highest BCUT2D eigenvalue weighted by atomic mass is 16.6. The number of aliphatic hydroxyl groups excluding tert-OH is 1. The number of carbonyl (C=O) groups excluding carboxylic acids is 1. The molecule has 0 aliphatic carbocycles. The molecule has 2 aliphatic rings. The van der Waals surface area contributed by atoms with Crippen LogP contribution in [-0.2, 0) is 21.0 Å². The first-order valence-electron chi connectivity index (χ1n) is 9.59. The summed E-state index contributed by atoms with van der Waals surface area (Å²) in [5.74, 6) is 0.211. The maximum Gasteiger partial charge on any atom is 0.302 e. The molecule has 11 heteroatoms. The van der Waals surface area contributed by atoms with E-state index in [0.29, 0.717) is 24.2 Å². The Hall–Kier alpha value is -2.53. The number of piperidine rings is 1. The standard InChI is InChI=1S/C17H24N6O5/c1-11(25)27-9-12-5-6-13(28-12)23-17(26)15-14(18-20-23)16(19-22(15)10-24)21-7-3-2-4-8-21/h12-13,24H,2-10H2,1H3. The Bertz CT molecular complexity index is 919. The summed E-state index contributed by atoms with van der Waals surface area (Å²) in [5, 5.41) is 22.4. The van der Waals surface area contributed by atoms with Crippen molar-refractivity contribution in [3.05, 3.63) is 10.4 Å². The van der Waals surface area contributed by atoms with E-state index in [2.05, 4.69) is 20.3 Å². The van der Waals surface area contributed by atoms with Crippen molar-refractivity contribution >= 4 is 22.8 Å². The smallest absolute Gasteiger partial charge is 0.302 e. The molecule has 0 spiro atoms. The zero-order valence-corrected chi connectivity index (χ0v) is 15.8. The van der Waals surface area contributed by atoms with Gasteiger partial charge in [0.05, 0.1) is 6.10 Å². The molecule has 0 bridgehead atoms. The second kappa shape index (κ2) is 7.84. The van der Waals surface area contributed by atoms with E-state index in [1.54, 1.807) is 0 Å². The lowest BCUT2D eigenvalue weighted by Crippen LogP contribution is -2.31. The van der Waals surface area contributed by atoms with Crippen molar-refractivity contribution in [1.82, 2.24) is 24.8 Å². The van der Waals surface area contributed by atoms with Gasteiger partial charge in [0.25, 0.3) is 5.56 Å². The molecular formula is C17H24N6O5. The van der Waals surface area contributed by atoms with E-state index in [0.717, 1.165) is 25.9 Å². The number of hydrogen-bond acceptors (Lipinski definition) is 9. The maximum atomic E-state index is 13.1. The number of anilines is 1. The Morgan fingerprint density at radius 1 is 1.29 bits per heavy atom. The van der Waals surface area contributed by atoms with Crippen LogP contribution in [0.4, 0.5) is 5.82 Å². The van der Waals surface area contributed by atoms with Crippen LogP contribution in [0.25, 0.3) is 11.0 Å². The fraction of sp³-hybridized carbons (Fsp3) is 0.706. The van der Waals surface area contributed by atoms with Gasteiger partial charge < -0.3 is 19.5 Å². The summed E-state index contributed by atoms with van der Waals surface area (Å²) < 4.78 is 13.2. The summed E-state index contributed by atoms with van der Waals surface area (Å²) in [6.07, 6.45) is 3.59. The summed E-state index contributed by atoms with van der Waals surface area (Å²) in [4.78, 5) is 26.1. The highest BCUT2D eigenvalue weighted by Crippen LogP contribution is 2.28. The normalized spacial score (nSPS) is 22.7. The average Bonchev–Trinajstić information content (AvgIpc) is 3.32. The first-order chi connectivity index (χ1) is 13.6. The number of aliphatic hydroxyl groups is 1. The van der Waals surface area contributed by atoms with Crippen LogP contribution >= 0.6 is 0 Å². The third-order valence-electron chi connectivity index (χ3n) is 5.18. The molecule has 4 rings (SSSR count). The molecule has 1 N–H and O–H groups in total. The van der Waals surface area contributed by atoms with Crippen LogP contribution in [0.2, 0.25) is 0 Å². The Morgan fingerprint density at radius 2 is 2.07 bits per heavy atom. The van der Waals surface area contributed by atoms with E-state index in [9.17, 15) is 14.7 Å². The van der Waals surface area contributed by atoms with Gasteiger partial charge in [0, 0.05) is 20.0 Å². The van der Waals surface area contributed by atoms with Gasteiger partial charge in [0.15, 0.2) is 23.1 Å². The SMILES string of the molecule is CC(=O)OCC1CCC(n2nnc3c(N4CCCCC4)nn(CO)c3c2=O)O1. The van der Waals surface area contributed by atoms with E-state index in [1.807, 2.05) is 0 Å². The van der Waals surface area contributed by atoms with Gasteiger partial charge in [-0.1, -0.05) is 5.21 Å². The Labute approximate surface area is 160 Å². The second-order valence-corrected chi connectivity index (χ2v) is 7.14. The molecular weight excluding hydrogens is 368 g/mol. The fourth-order valence-electron chi connectivity index (χ4n) is 3.79. The van der Waals surface area contributed by atoms with Gasteiger partial charge in [0.2, 0.25) is 0 Å². The Kier molecular flexibility index (Phi) is 5.27. The molecule has 152 valence electrons. The quantitative estimate of drug-likeness (QED) is 0.709. The number of nitrogens with zero attached hydrogens (tertiary/aromatic N) is 6. The monoisotopic (exact) mass is 392 g/mol. The van der Waals surface area contributed by atoms with E-state index < -0.39 is 18.5 Å². The molecule has 0 saturated carbocycles. The molecule has 4 heterocycles. The van der Waals surface area contributed by atoms with E-state index in [-0.39, 0.29) is 24.2 Å². The summed E-state index contributed by atoms with van der Waals surface area (Å²) in [5.41, 5.74) is 0.199. The lowest BCUT2D eigenvalue weighted by Gasteiger charge is -2.26. The summed E-state index contributed by atoms with van der Waals surface area (Å²) >= 11 is 0. The third kappa shape index (κ3) is 3.47. The van der Waals surface area contributed by atoms with Crippen LogP contribution in [-0.4, -0.2) is 61.7 Å². The molecule has 2 atom stereocenters. The first-order valence-corrected chi connectivity index (χ1v) is 9.59. The topological polar surface area (TPSA) is 125 Å². The highest BCUT2D eigenvalue weighted by Gasteiger charge is 2.31. The van der Waals surface area contributed by atoms with Crippen LogP contribution in [0.1, 0.15) is 45.3 Å². The molecule has 2 fully saturated rings. The van der Waals surface area contributed by atoms with Gasteiger partial charge in [-0.2, -0.15) is 4.68 Å². The number of aromatic nitrogens is 5. The van der Waals surface area contributed by atoms with Crippen LogP contribution < -0.4 is 10.5 Å². The summed E-state index contributed by atoms with van der Waals surface area (Å²) in [7, 11) is 0. The molecule has 0 aromatic carbocycles. The van der Waals surface area contributed by atoms with Gasteiger partial charge in [0.1, 0.15) is 13.3 Å². The zero-order chi connectivity index (χ0) is 19.7. The zero-order valence-electron chi connectivity index (χ0n) is 15.8. The average molecular weight is 392 g/mol. The second-order valence-electron chi connectivity index (χ2n) is 7.14. The minimum atomic E-state index is -0.592. The largest absolute Gasteiger partial charge is 0.463 e. The van der Waals surface area contributed by atoms with Gasteiger partial charge in [-0.25, -0.2) is 4.68 Å². The van der Waals surface area contributed by atoms with Gasteiger partial charge in [-0.05, 0) is 32.1 Å². The van der Waals surface area contributed by atoms with Crippen molar-refractivity contribution in [1.29, 1.82) is 0 Å². The number of fused-ring (bicyclic) bond motifs is 1. The predicted molar refractivity (Wildman–Crippen MR) is 97.6 cm³/mol. The van der Waals surface area contributed by atoms with Gasteiger partial charge >= 0.3 is 5.97 Å². The van der Waals surface area contributed by atoms with Crippen LogP contribution in [0.15, 0.2) is 4.79 Å². The number of hydrogen-bond donors (Lipinski definition) is 1. The molecule has 28 heavy (non-hydrogen) atoms. The Morgan fingerprint density at radius 3 is 2.79 bits per heavy atom. The van der Waals surface area contributed by atoms with Crippen molar-refractivity contribution in [2.24, 2.45) is 0 Å². The van der Waals surface area contributed by atoms with Crippen molar-refractivity contribution in [3.8, 4) is 0 Å². The van der Waals surface area contributed by atoms with E-state index in [1.165, 1.54) is 22.7 Å². The number of ether oxygens (including phenoxy) is 2. The fourth-order valence-corrected chi connectivity index (χ4v) is 3.79. The third-order valence-corrected chi connectivity index (χ3v) is 5.18. The van der Waals surface area contributed by atoms with Gasteiger partial charge in [-0.15, -0.1) is 10.2 Å². The van der Waals surface area contributed by atoms with E-state index >= 15 is 0 Å². The first kappa shape index (κ1) is 18.8. The molecule has 11 nitrogen and oxygen atoms in total. The molecule has 0 radical (unpaired) electrons. The highest BCUT2D eigenvalue weighted by molar-refractivity contribution is 5.85. The minimum Gasteiger partial charge on any atom is -0.463 e. The lowest BCUT2D eigenvalue weighted by atomic mass is 10.1. The lowest BCUT2D eigenvalue weighted by molar-refractivity contribution is -0.145. The number of carbonyl (C=O) groups is 1. The molecule has 2 aliphatic heterocycles. The van der Waals surface area contributed by atoms with Gasteiger partial charge in [-0.3, -0.25) is 9.59 Å². The van der Waals surface area contributed by atoms with Crippen molar-refractivity contribution < 1.29 is 19.4 Å². The van der Waals surface area contributed by atoms with Crippen molar-refractivity contribution in [3.63, 3.8) is 0 Å². The molecule has 2 unspecified atom stereocenters. The molecule has 2 aromatic heterocycles. The van der Waals surface area contributed by atoms with E-state index in [4.69, 9.17) is 9.47 Å². The molecule has 0 amide bonds. The predicted octanol–water partition coefficient (Wildman–Crippen LogP) is 0.169. The summed E-state index contributed by atoms with van der Waals surface area (Å²) in [6, 6.07) is 0. The van der Waals surface area contributed by atoms with Crippen LogP contribution in [0.3, 0.4) is 0 Å². The van der Waals surface area contributed by atoms with Crippen LogP contribution in [0.5, 0.6) is 0 Å². The van der Waals surface area contributed by atoms with Crippen molar-refractivity contribution in [2.75, 3.05) is 24.6 Å². The summed E-state index contributed by atoms with van der Waals surface area (Å²) in [6.45, 7) is 2.74. The molecule has 2 saturated heterocycles.